The number of nitrogens with zero attached hydrogens (tertiary/aromatic N) is 5. The van der Waals surface area contributed by atoms with Crippen LogP contribution in [0.1, 0.15) is 50.7 Å². The lowest BCUT2D eigenvalue weighted by Gasteiger charge is -2.41. The molecule has 1 aromatic heterocycles. The molecule has 5 atom stereocenters. The minimum atomic E-state index is -1.48. The smallest absolute Gasteiger partial charge is 0.338 e. The highest BCUT2D eigenvalue weighted by Gasteiger charge is 2.46. The second kappa shape index (κ2) is 17.4. The number of carbonyl (C=O) groups excluding carboxylic acids is 2. The maximum Gasteiger partial charge on any atom is 0.338 e. The molecule has 1 amide bonds. The van der Waals surface area contributed by atoms with Crippen LogP contribution in [0.25, 0.3) is 33.4 Å². The molecule has 0 saturated carbocycles. The lowest BCUT2D eigenvalue weighted by atomic mass is 9.90. The fourth-order valence-electron chi connectivity index (χ4n) is 7.05. The number of amides is 1. The Morgan fingerprint density at radius 2 is 1.75 bits per heavy atom. The van der Waals surface area contributed by atoms with Crippen LogP contribution < -0.4 is 25.0 Å². The highest BCUT2D eigenvalue weighted by atomic mass is 16.8. The van der Waals surface area contributed by atoms with E-state index in [0.29, 0.717) is 28.2 Å². The molecule has 15 heteroatoms. The maximum atomic E-state index is 13.8. The van der Waals surface area contributed by atoms with Gasteiger partial charge in [-0.15, -0.1) is 5.10 Å². The third-order valence-corrected chi connectivity index (χ3v) is 9.94. The quantitative estimate of drug-likeness (QED) is 0.0737. The molecule has 1 saturated heterocycles. The summed E-state index contributed by atoms with van der Waals surface area (Å²) in [6.07, 6.45) is -3.79. The van der Waals surface area contributed by atoms with Crippen LogP contribution in [0.2, 0.25) is 0 Å². The second-order valence-corrected chi connectivity index (χ2v) is 13.3. The average Bonchev–Trinajstić information content (AvgIpc) is 3.64. The minimum absolute atomic E-state index is 0.0239. The van der Waals surface area contributed by atoms with Gasteiger partial charge in [0.2, 0.25) is 17.6 Å². The van der Waals surface area contributed by atoms with Crippen LogP contribution in [-0.2, 0) is 20.7 Å². The van der Waals surface area contributed by atoms with Gasteiger partial charge in [0.05, 0.1) is 36.7 Å². The molecule has 0 unspecified atom stereocenters. The second-order valence-electron chi connectivity index (χ2n) is 13.3. The van der Waals surface area contributed by atoms with E-state index < -0.39 is 49.1 Å². The van der Waals surface area contributed by atoms with Gasteiger partial charge in [-0.05, 0) is 62.7 Å². The summed E-state index contributed by atoms with van der Waals surface area (Å²) in [5, 5.41) is 42.9. The topological polar surface area (TPSA) is 185 Å². The molecule has 3 heterocycles. The van der Waals surface area contributed by atoms with E-state index in [4.69, 9.17) is 18.7 Å². The Hall–Kier alpha value is -5.35. The van der Waals surface area contributed by atoms with E-state index in [0.717, 1.165) is 58.6 Å². The van der Waals surface area contributed by atoms with Crippen molar-refractivity contribution >= 4 is 28.5 Å². The molecular formula is C40H49N6O9+. The zero-order chi connectivity index (χ0) is 39.2. The zero-order valence-electron chi connectivity index (χ0n) is 31.7. The molecule has 3 aliphatic rings. The van der Waals surface area contributed by atoms with Gasteiger partial charge >= 0.3 is 5.97 Å². The Labute approximate surface area is 318 Å². The molecule has 0 radical (unpaired) electrons. The van der Waals surface area contributed by atoms with E-state index in [-0.39, 0.29) is 13.0 Å². The third-order valence-electron chi connectivity index (χ3n) is 9.94. The molecular weight excluding hydrogens is 708 g/mol. The van der Waals surface area contributed by atoms with Gasteiger partial charge in [-0.3, -0.25) is 4.79 Å². The van der Waals surface area contributed by atoms with Crippen molar-refractivity contribution in [3.8, 4) is 22.5 Å². The number of benzene rings is 3. The Bertz CT molecular complexity index is 2160. The van der Waals surface area contributed by atoms with Crippen LogP contribution in [0.5, 0.6) is 0 Å². The van der Waals surface area contributed by atoms with Crippen molar-refractivity contribution in [2.24, 2.45) is 0 Å². The van der Waals surface area contributed by atoms with Gasteiger partial charge in [0.1, 0.15) is 48.8 Å². The normalized spacial score (nSPS) is 19.7. The van der Waals surface area contributed by atoms with Crippen LogP contribution in [0, 0.1) is 0 Å². The molecule has 3 aromatic rings. The van der Waals surface area contributed by atoms with Crippen LogP contribution in [0.15, 0.2) is 71.3 Å². The van der Waals surface area contributed by atoms with Crippen molar-refractivity contribution in [3.63, 3.8) is 0 Å². The fourth-order valence-corrected chi connectivity index (χ4v) is 7.05. The first-order chi connectivity index (χ1) is 26.6. The highest BCUT2D eigenvalue weighted by molar-refractivity contribution is 6.08. The Kier molecular flexibility index (Phi) is 12.5. The van der Waals surface area contributed by atoms with Crippen LogP contribution >= 0.6 is 0 Å². The molecule has 2 aliphatic heterocycles. The monoisotopic (exact) mass is 757 g/mol. The third kappa shape index (κ3) is 8.34. The minimum Gasteiger partial charge on any atom is -0.462 e. The molecule has 0 bridgehead atoms. The first-order valence-electron chi connectivity index (χ1n) is 18.7. The van der Waals surface area contributed by atoms with Gasteiger partial charge in [0.25, 0.3) is 0 Å². The number of carbonyl (C=O) groups is 2. The molecule has 292 valence electrons. The van der Waals surface area contributed by atoms with E-state index in [1.807, 2.05) is 12.1 Å². The van der Waals surface area contributed by atoms with Gasteiger partial charge in [-0.1, -0.05) is 23.0 Å². The number of anilines is 1. The summed E-state index contributed by atoms with van der Waals surface area (Å²) in [6.45, 7) is 12.5. The van der Waals surface area contributed by atoms with Crippen molar-refractivity contribution in [1.82, 2.24) is 25.0 Å². The van der Waals surface area contributed by atoms with E-state index in [1.165, 1.54) is 13.1 Å². The van der Waals surface area contributed by atoms with Crippen molar-refractivity contribution in [3.05, 3.63) is 83.5 Å². The summed E-state index contributed by atoms with van der Waals surface area (Å²) < 4.78 is 20.3. The molecule has 0 spiro atoms. The van der Waals surface area contributed by atoms with Gasteiger partial charge in [-0.2, -0.15) is 0 Å². The van der Waals surface area contributed by atoms with Crippen molar-refractivity contribution in [2.45, 2.75) is 71.7 Å². The number of rotatable bonds is 14. The summed E-state index contributed by atoms with van der Waals surface area (Å²) in [7, 11) is 0. The predicted molar refractivity (Wildman–Crippen MR) is 204 cm³/mol. The molecule has 15 nitrogen and oxygen atoms in total. The van der Waals surface area contributed by atoms with Gasteiger partial charge in [0, 0.05) is 60.8 Å². The number of esters is 1. The van der Waals surface area contributed by atoms with E-state index >= 15 is 0 Å². The average molecular weight is 758 g/mol. The number of fused-ring (bicyclic) bond motifs is 2. The van der Waals surface area contributed by atoms with Crippen molar-refractivity contribution in [2.75, 3.05) is 44.3 Å². The number of aliphatic hydroxyl groups is 3. The lowest BCUT2D eigenvalue weighted by Crippen LogP contribution is -2.66. The summed E-state index contributed by atoms with van der Waals surface area (Å²) in [5.41, 5.74) is 5.00. The first-order valence-corrected chi connectivity index (χ1v) is 18.7. The standard InChI is InChI=1S/C40H48N6O9/c1-6-44(7-2)26-14-16-30-32(20-26)53-33-21-27(45(8-3)9-4)15-17-31(33)35(30)28-12-10-11-13-29(28)39(51)52-19-18-25-22-46(43-42-25)55-40-36(41-24(5)48)38(50)37(49)34(23-47)54-40/h10-17,20-22,34,36-38,40,47,49-50H,6-9,18-19,23H2,1-5H3/p+1/t34-,36-,37-,38-,40-/m1/s1. The summed E-state index contributed by atoms with van der Waals surface area (Å²) in [6, 6.07) is 18.6. The van der Waals surface area contributed by atoms with E-state index in [9.17, 15) is 24.9 Å². The summed E-state index contributed by atoms with van der Waals surface area (Å²) in [5.74, 6) is -0.301. The molecule has 6 rings (SSSR count). The number of nitrogens with one attached hydrogen (secondary N) is 1. The number of ether oxygens (including phenoxy) is 2. The number of hydrogen-bond donors (Lipinski definition) is 4. The lowest BCUT2D eigenvalue weighted by molar-refractivity contribution is -0.273. The molecule has 4 N–H and O–H groups in total. The van der Waals surface area contributed by atoms with Crippen LogP contribution in [0.3, 0.4) is 0 Å². The number of aliphatic hydroxyl groups excluding tert-OH is 3. The first kappa shape index (κ1) is 39.3. The number of hydrogen-bond acceptors (Lipinski definition) is 12. The SMILES string of the molecule is CCN(CC)c1ccc2c(-c3ccccc3C(=O)OCCc3cn(O[C@H]4O[C@H](CO)[C@@H](O)[C@H](O)[C@H]4NC(C)=O)nn3)c3ccc(=[N+](CC)CC)cc-3oc2c1. The predicted octanol–water partition coefficient (Wildman–Crippen LogP) is 2.23. The van der Waals surface area contributed by atoms with E-state index in [2.05, 4.69) is 89.2 Å². The van der Waals surface area contributed by atoms with Crippen LogP contribution in [0.4, 0.5) is 5.69 Å². The Morgan fingerprint density at radius 3 is 2.45 bits per heavy atom. The summed E-state index contributed by atoms with van der Waals surface area (Å²) in [4.78, 5) is 34.5. The summed E-state index contributed by atoms with van der Waals surface area (Å²) >= 11 is 0. The molecule has 2 aromatic carbocycles. The largest absolute Gasteiger partial charge is 0.462 e. The Morgan fingerprint density at radius 1 is 0.982 bits per heavy atom. The molecule has 1 aliphatic carbocycles. The number of aromatic nitrogens is 3. The fraction of sp³-hybridized carbons (Fsp3) is 0.425. The molecule has 55 heavy (non-hydrogen) atoms. The van der Waals surface area contributed by atoms with E-state index in [1.54, 1.807) is 12.1 Å². The van der Waals surface area contributed by atoms with Gasteiger partial charge < -0.3 is 44.3 Å². The van der Waals surface area contributed by atoms with Crippen LogP contribution in [-0.4, -0.2) is 112 Å². The zero-order valence-corrected chi connectivity index (χ0v) is 31.7. The highest BCUT2D eigenvalue weighted by Crippen LogP contribution is 2.42. The van der Waals surface area contributed by atoms with Crippen molar-refractivity contribution in [1.29, 1.82) is 0 Å². The Balaban J connectivity index is 1.25. The molecule has 1 fully saturated rings. The van der Waals surface area contributed by atoms with Crippen molar-refractivity contribution < 1.29 is 43.6 Å². The van der Waals surface area contributed by atoms with Gasteiger partial charge in [0.15, 0.2) is 0 Å². The maximum absolute atomic E-state index is 13.8. The van der Waals surface area contributed by atoms with Gasteiger partial charge in [-0.25, -0.2) is 9.37 Å².